The fourth-order valence-corrected chi connectivity index (χ4v) is 2.06. The number of amides is 4. The average molecular weight is 334 g/mol. The van der Waals surface area contributed by atoms with E-state index < -0.39 is 18.0 Å². The Morgan fingerprint density at radius 1 is 1.21 bits per heavy atom. The van der Waals surface area contributed by atoms with Gasteiger partial charge in [-0.25, -0.2) is 4.79 Å². The quantitative estimate of drug-likeness (QED) is 0.733. The Labute approximate surface area is 142 Å². The lowest BCUT2D eigenvalue weighted by molar-refractivity contribution is -0.125. The first-order valence-electron chi connectivity index (χ1n) is 7.91. The first-order valence-corrected chi connectivity index (χ1v) is 7.91. The molecule has 1 unspecified atom stereocenters. The van der Waals surface area contributed by atoms with Gasteiger partial charge in [0.1, 0.15) is 0 Å². The molecule has 7 nitrogen and oxygen atoms in total. The zero-order valence-corrected chi connectivity index (χ0v) is 14.9. The maximum absolute atomic E-state index is 12.2. The molecule has 0 aromatic heterocycles. The molecule has 1 rings (SSSR count). The van der Waals surface area contributed by atoms with Crippen molar-refractivity contribution in [2.45, 2.75) is 33.7 Å². The number of anilines is 1. The molecule has 0 radical (unpaired) electrons. The number of rotatable bonds is 6. The second-order valence-electron chi connectivity index (χ2n) is 5.74. The van der Waals surface area contributed by atoms with Crippen molar-refractivity contribution in [3.8, 4) is 0 Å². The van der Waals surface area contributed by atoms with Crippen LogP contribution in [0, 0.1) is 13.8 Å². The molecule has 0 saturated carbocycles. The summed E-state index contributed by atoms with van der Waals surface area (Å²) >= 11 is 0. The van der Waals surface area contributed by atoms with E-state index in [0.29, 0.717) is 6.54 Å². The molecular formula is C17H26N4O3. The van der Waals surface area contributed by atoms with Crippen LogP contribution in [0.2, 0.25) is 0 Å². The third-order valence-electron chi connectivity index (χ3n) is 3.89. The predicted octanol–water partition coefficient (Wildman–Crippen LogP) is 1.41. The van der Waals surface area contributed by atoms with Crippen LogP contribution in [0.3, 0.4) is 0 Å². The summed E-state index contributed by atoms with van der Waals surface area (Å²) < 4.78 is 0. The summed E-state index contributed by atoms with van der Waals surface area (Å²) in [6, 6.07) is 4.54. The molecule has 0 spiro atoms. The van der Waals surface area contributed by atoms with E-state index in [1.807, 2.05) is 32.0 Å². The molecular weight excluding hydrogens is 308 g/mol. The number of aryl methyl sites for hydroxylation is 1. The van der Waals surface area contributed by atoms with Gasteiger partial charge in [-0.1, -0.05) is 12.1 Å². The van der Waals surface area contributed by atoms with E-state index >= 15 is 0 Å². The fraction of sp³-hybridized carbons (Fsp3) is 0.471. The number of benzene rings is 1. The molecule has 0 bridgehead atoms. The fourth-order valence-electron chi connectivity index (χ4n) is 2.06. The van der Waals surface area contributed by atoms with Crippen molar-refractivity contribution in [3.05, 3.63) is 29.3 Å². The molecule has 1 aromatic carbocycles. The second kappa shape index (κ2) is 9.02. The van der Waals surface area contributed by atoms with Crippen molar-refractivity contribution in [1.29, 1.82) is 0 Å². The summed E-state index contributed by atoms with van der Waals surface area (Å²) in [7, 11) is 1.66. The van der Waals surface area contributed by atoms with Gasteiger partial charge in [0.2, 0.25) is 11.8 Å². The maximum atomic E-state index is 12.2. The van der Waals surface area contributed by atoms with Crippen molar-refractivity contribution in [2.24, 2.45) is 0 Å². The molecule has 0 aliphatic heterocycles. The van der Waals surface area contributed by atoms with E-state index in [-0.39, 0.29) is 12.5 Å². The minimum Gasteiger partial charge on any atom is -0.338 e. The largest absolute Gasteiger partial charge is 0.338 e. The summed E-state index contributed by atoms with van der Waals surface area (Å²) in [4.78, 5) is 37.1. The highest BCUT2D eigenvalue weighted by Gasteiger charge is 2.21. The van der Waals surface area contributed by atoms with Gasteiger partial charge in [0.25, 0.3) is 0 Å². The summed E-state index contributed by atoms with van der Waals surface area (Å²) in [6.07, 6.45) is 0. The molecule has 132 valence electrons. The molecule has 0 aliphatic carbocycles. The van der Waals surface area contributed by atoms with Gasteiger partial charge in [-0.15, -0.1) is 0 Å². The first kappa shape index (κ1) is 19.6. The Bertz CT molecular complexity index is 616. The van der Waals surface area contributed by atoms with Crippen LogP contribution in [-0.2, 0) is 9.59 Å². The van der Waals surface area contributed by atoms with Gasteiger partial charge >= 0.3 is 6.03 Å². The molecule has 0 heterocycles. The minimum atomic E-state index is -0.614. The van der Waals surface area contributed by atoms with Crippen LogP contribution < -0.4 is 16.0 Å². The topological polar surface area (TPSA) is 90.5 Å². The number of nitrogens with one attached hydrogen (secondary N) is 3. The first-order chi connectivity index (χ1) is 11.3. The van der Waals surface area contributed by atoms with E-state index in [2.05, 4.69) is 16.0 Å². The van der Waals surface area contributed by atoms with Gasteiger partial charge < -0.3 is 10.6 Å². The maximum Gasteiger partial charge on any atom is 0.321 e. The molecule has 1 atom stereocenters. The van der Waals surface area contributed by atoms with Gasteiger partial charge in [0, 0.05) is 12.2 Å². The Morgan fingerprint density at radius 3 is 2.50 bits per heavy atom. The summed E-state index contributed by atoms with van der Waals surface area (Å²) in [6.45, 7) is 7.79. The smallest absolute Gasteiger partial charge is 0.321 e. The SMILES string of the molecule is CCNC(=O)NC(=O)C(C)N(C)CC(=O)Nc1cccc(C)c1C. The van der Waals surface area contributed by atoms with Crippen molar-refractivity contribution in [1.82, 2.24) is 15.5 Å². The normalized spacial score (nSPS) is 11.8. The van der Waals surface area contributed by atoms with Crippen molar-refractivity contribution in [2.75, 3.05) is 25.5 Å². The van der Waals surface area contributed by atoms with E-state index in [0.717, 1.165) is 16.8 Å². The van der Waals surface area contributed by atoms with Crippen molar-refractivity contribution >= 4 is 23.5 Å². The number of hydrogen-bond donors (Lipinski definition) is 3. The average Bonchev–Trinajstić information content (AvgIpc) is 2.51. The third-order valence-corrected chi connectivity index (χ3v) is 3.89. The Hall–Kier alpha value is -2.41. The number of carbonyl (C=O) groups excluding carboxylic acids is 3. The number of likely N-dealkylation sites (N-methyl/N-ethyl adjacent to an activating group) is 1. The molecule has 24 heavy (non-hydrogen) atoms. The van der Waals surface area contributed by atoms with E-state index in [1.54, 1.807) is 25.8 Å². The molecule has 7 heteroatoms. The predicted molar refractivity (Wildman–Crippen MR) is 93.9 cm³/mol. The second-order valence-corrected chi connectivity index (χ2v) is 5.74. The van der Waals surface area contributed by atoms with Gasteiger partial charge in [-0.3, -0.25) is 19.8 Å². The minimum absolute atomic E-state index is 0.0391. The van der Waals surface area contributed by atoms with Gasteiger partial charge in [0.15, 0.2) is 0 Å². The van der Waals surface area contributed by atoms with Crippen LogP contribution >= 0.6 is 0 Å². The molecule has 3 N–H and O–H groups in total. The lowest BCUT2D eigenvalue weighted by atomic mass is 10.1. The number of nitrogens with zero attached hydrogens (tertiary/aromatic N) is 1. The molecule has 4 amide bonds. The number of urea groups is 1. The Morgan fingerprint density at radius 2 is 1.88 bits per heavy atom. The van der Waals surface area contributed by atoms with Crippen LogP contribution in [0.4, 0.5) is 10.5 Å². The van der Waals surface area contributed by atoms with E-state index in [1.165, 1.54) is 0 Å². The monoisotopic (exact) mass is 334 g/mol. The molecule has 0 aliphatic rings. The number of hydrogen-bond acceptors (Lipinski definition) is 4. The highest BCUT2D eigenvalue weighted by atomic mass is 16.2. The van der Waals surface area contributed by atoms with E-state index in [4.69, 9.17) is 0 Å². The van der Waals surface area contributed by atoms with E-state index in [9.17, 15) is 14.4 Å². The number of imide groups is 1. The van der Waals surface area contributed by atoms with Crippen LogP contribution in [0.1, 0.15) is 25.0 Å². The molecule has 0 fully saturated rings. The van der Waals surface area contributed by atoms with Crippen LogP contribution in [0.25, 0.3) is 0 Å². The van der Waals surface area contributed by atoms with Crippen molar-refractivity contribution in [3.63, 3.8) is 0 Å². The molecule has 1 aromatic rings. The van der Waals surface area contributed by atoms with Crippen LogP contribution in [0.5, 0.6) is 0 Å². The van der Waals surface area contributed by atoms with Gasteiger partial charge in [-0.05, 0) is 51.9 Å². The standard InChI is InChI=1S/C17H26N4O3/c1-6-18-17(24)20-16(23)13(4)21(5)10-15(22)19-14-9-7-8-11(2)12(14)3/h7-9,13H,6,10H2,1-5H3,(H,19,22)(H2,18,20,23,24). The molecule has 0 saturated heterocycles. The zero-order valence-electron chi connectivity index (χ0n) is 14.9. The summed E-state index contributed by atoms with van der Waals surface area (Å²) in [5.41, 5.74) is 2.86. The summed E-state index contributed by atoms with van der Waals surface area (Å²) in [5, 5.41) is 7.57. The highest BCUT2D eigenvalue weighted by Crippen LogP contribution is 2.17. The zero-order chi connectivity index (χ0) is 18.3. The Kier molecular flexibility index (Phi) is 7.38. The number of carbonyl (C=O) groups is 3. The third kappa shape index (κ3) is 5.66. The lowest BCUT2D eigenvalue weighted by Gasteiger charge is -2.23. The summed E-state index contributed by atoms with van der Waals surface area (Å²) in [5.74, 6) is -0.674. The van der Waals surface area contributed by atoms with Crippen LogP contribution in [0.15, 0.2) is 18.2 Å². The lowest BCUT2D eigenvalue weighted by Crippen LogP contribution is -2.50. The highest BCUT2D eigenvalue weighted by molar-refractivity contribution is 5.97. The van der Waals surface area contributed by atoms with Crippen molar-refractivity contribution < 1.29 is 14.4 Å². The van der Waals surface area contributed by atoms with Gasteiger partial charge in [0.05, 0.1) is 12.6 Å². The Balaban J connectivity index is 2.58. The van der Waals surface area contributed by atoms with Crippen LogP contribution in [-0.4, -0.2) is 48.9 Å². The van der Waals surface area contributed by atoms with Gasteiger partial charge in [-0.2, -0.15) is 0 Å².